The van der Waals surface area contributed by atoms with E-state index in [2.05, 4.69) is 15.0 Å². The molecule has 0 fully saturated rings. The number of nitrogens with zero attached hydrogens (tertiary/aromatic N) is 3. The lowest BCUT2D eigenvalue weighted by Crippen LogP contribution is -2.20. The Balaban J connectivity index is 2.38. The van der Waals surface area contributed by atoms with Gasteiger partial charge in [0.25, 0.3) is 0 Å². The standard InChI is InChI=1S/C11H11ClN4O2/c12-7-2-1-3-8-10(7)6(4-14-8)11(18)9(17)5-15-16-13/h1-4,9,11,14,17-18H,5H2. The number of aliphatic hydroxyl groups excluding tert-OH is 2. The minimum atomic E-state index is -1.17. The van der Waals surface area contributed by atoms with Crippen molar-refractivity contribution in [1.29, 1.82) is 0 Å². The van der Waals surface area contributed by atoms with Crippen molar-refractivity contribution in [1.82, 2.24) is 4.98 Å². The van der Waals surface area contributed by atoms with E-state index in [0.29, 0.717) is 16.0 Å². The van der Waals surface area contributed by atoms with Gasteiger partial charge in [-0.15, -0.1) is 0 Å². The summed E-state index contributed by atoms with van der Waals surface area (Å²) in [5, 5.41) is 24.1. The normalized spacial score (nSPS) is 14.2. The van der Waals surface area contributed by atoms with E-state index in [1.165, 1.54) is 0 Å². The first-order chi connectivity index (χ1) is 8.65. The van der Waals surface area contributed by atoms with Crippen molar-refractivity contribution >= 4 is 22.5 Å². The zero-order valence-corrected chi connectivity index (χ0v) is 10.0. The van der Waals surface area contributed by atoms with Crippen LogP contribution >= 0.6 is 11.6 Å². The number of rotatable bonds is 4. The number of aromatic amines is 1. The lowest BCUT2D eigenvalue weighted by atomic mass is 10.0. The van der Waals surface area contributed by atoms with Crippen LogP contribution in [0.2, 0.25) is 5.02 Å². The first-order valence-electron chi connectivity index (χ1n) is 5.27. The molecule has 0 amide bonds. The molecule has 0 aliphatic carbocycles. The van der Waals surface area contributed by atoms with Gasteiger partial charge in [-0.05, 0) is 17.7 Å². The summed E-state index contributed by atoms with van der Waals surface area (Å²) < 4.78 is 0. The van der Waals surface area contributed by atoms with E-state index in [4.69, 9.17) is 17.1 Å². The van der Waals surface area contributed by atoms with E-state index in [1.807, 2.05) is 6.07 Å². The van der Waals surface area contributed by atoms with Gasteiger partial charge in [0.2, 0.25) is 0 Å². The quantitative estimate of drug-likeness (QED) is 0.449. The molecule has 18 heavy (non-hydrogen) atoms. The van der Waals surface area contributed by atoms with Crippen LogP contribution in [0.1, 0.15) is 11.7 Å². The molecular formula is C11H11ClN4O2. The first-order valence-corrected chi connectivity index (χ1v) is 5.65. The maximum absolute atomic E-state index is 10.0. The topological polar surface area (TPSA) is 105 Å². The lowest BCUT2D eigenvalue weighted by molar-refractivity contribution is 0.0253. The van der Waals surface area contributed by atoms with Crippen molar-refractivity contribution in [2.24, 2.45) is 5.11 Å². The fourth-order valence-corrected chi connectivity index (χ4v) is 2.11. The minimum Gasteiger partial charge on any atom is -0.390 e. The van der Waals surface area contributed by atoms with Crippen molar-refractivity contribution in [2.45, 2.75) is 12.2 Å². The molecular weight excluding hydrogens is 256 g/mol. The highest BCUT2D eigenvalue weighted by Gasteiger charge is 2.21. The number of hydrogen-bond acceptors (Lipinski definition) is 3. The van der Waals surface area contributed by atoms with Crippen LogP contribution in [0.4, 0.5) is 0 Å². The molecule has 2 unspecified atom stereocenters. The Hall–Kier alpha value is -1.72. The summed E-state index contributed by atoms with van der Waals surface area (Å²) in [4.78, 5) is 5.50. The molecule has 3 N–H and O–H groups in total. The number of benzene rings is 1. The van der Waals surface area contributed by atoms with Crippen molar-refractivity contribution in [3.8, 4) is 0 Å². The van der Waals surface area contributed by atoms with Crippen LogP contribution in [0.25, 0.3) is 21.3 Å². The van der Waals surface area contributed by atoms with E-state index in [1.54, 1.807) is 18.3 Å². The van der Waals surface area contributed by atoms with Crippen LogP contribution in [-0.4, -0.2) is 27.8 Å². The number of hydrogen-bond donors (Lipinski definition) is 3. The highest BCUT2D eigenvalue weighted by molar-refractivity contribution is 6.35. The van der Waals surface area contributed by atoms with Gasteiger partial charge < -0.3 is 15.2 Å². The minimum absolute atomic E-state index is 0.200. The highest BCUT2D eigenvalue weighted by atomic mass is 35.5. The summed E-state index contributed by atoms with van der Waals surface area (Å²) in [5.41, 5.74) is 9.44. The van der Waals surface area contributed by atoms with Gasteiger partial charge in [-0.25, -0.2) is 0 Å². The lowest BCUT2D eigenvalue weighted by Gasteiger charge is -2.15. The second kappa shape index (κ2) is 5.29. The Kier molecular flexibility index (Phi) is 3.74. The molecule has 0 saturated heterocycles. The van der Waals surface area contributed by atoms with E-state index >= 15 is 0 Å². The Morgan fingerprint density at radius 3 is 2.94 bits per heavy atom. The van der Waals surface area contributed by atoms with Gasteiger partial charge in [0.15, 0.2) is 0 Å². The summed E-state index contributed by atoms with van der Waals surface area (Å²) >= 11 is 6.06. The number of aromatic nitrogens is 1. The number of fused-ring (bicyclic) bond motifs is 1. The number of nitrogens with one attached hydrogen (secondary N) is 1. The van der Waals surface area contributed by atoms with E-state index in [0.717, 1.165) is 5.52 Å². The van der Waals surface area contributed by atoms with E-state index in [9.17, 15) is 10.2 Å². The summed E-state index contributed by atoms with van der Waals surface area (Å²) in [6.07, 6.45) is -0.749. The summed E-state index contributed by atoms with van der Waals surface area (Å²) in [7, 11) is 0. The number of H-pyrrole nitrogens is 1. The average molecular weight is 267 g/mol. The third kappa shape index (κ3) is 2.27. The Morgan fingerprint density at radius 2 is 2.22 bits per heavy atom. The van der Waals surface area contributed by atoms with Crippen molar-refractivity contribution in [2.75, 3.05) is 6.54 Å². The molecule has 94 valence electrons. The monoisotopic (exact) mass is 266 g/mol. The summed E-state index contributed by atoms with van der Waals surface area (Å²) in [6, 6.07) is 5.30. The van der Waals surface area contributed by atoms with Gasteiger partial charge >= 0.3 is 0 Å². The van der Waals surface area contributed by atoms with Gasteiger partial charge in [0, 0.05) is 27.6 Å². The van der Waals surface area contributed by atoms with Crippen molar-refractivity contribution in [3.63, 3.8) is 0 Å². The van der Waals surface area contributed by atoms with Crippen LogP contribution in [0.3, 0.4) is 0 Å². The number of azide groups is 1. The average Bonchev–Trinajstić information content (AvgIpc) is 2.80. The van der Waals surface area contributed by atoms with Gasteiger partial charge in [-0.1, -0.05) is 22.8 Å². The SMILES string of the molecule is [N-]=[N+]=NCC(O)C(O)c1c[nH]c2cccc(Cl)c12. The Bertz CT molecular complexity index is 606. The second-order valence-electron chi connectivity index (χ2n) is 3.83. The highest BCUT2D eigenvalue weighted by Crippen LogP contribution is 2.31. The molecule has 7 heteroatoms. The maximum atomic E-state index is 10.0. The Labute approximate surface area is 107 Å². The molecule has 1 aromatic carbocycles. The molecule has 0 spiro atoms. The largest absolute Gasteiger partial charge is 0.390 e. The van der Waals surface area contributed by atoms with E-state index in [-0.39, 0.29) is 6.54 Å². The molecule has 6 nitrogen and oxygen atoms in total. The molecule has 0 aliphatic rings. The molecule has 2 rings (SSSR count). The van der Waals surface area contributed by atoms with Crippen LogP contribution in [0, 0.1) is 0 Å². The van der Waals surface area contributed by atoms with Crippen LogP contribution in [0.5, 0.6) is 0 Å². The van der Waals surface area contributed by atoms with Crippen LogP contribution in [-0.2, 0) is 0 Å². The molecule has 1 aromatic heterocycles. The molecule has 2 aromatic rings. The zero-order valence-electron chi connectivity index (χ0n) is 9.29. The molecule has 0 saturated carbocycles. The van der Waals surface area contributed by atoms with Crippen LogP contribution < -0.4 is 0 Å². The molecule has 0 bridgehead atoms. The predicted octanol–water partition coefficient (Wildman–Crippen LogP) is 2.53. The first kappa shape index (κ1) is 12.7. The van der Waals surface area contributed by atoms with Gasteiger partial charge in [0.05, 0.1) is 17.7 Å². The Morgan fingerprint density at radius 1 is 1.44 bits per heavy atom. The third-order valence-electron chi connectivity index (χ3n) is 2.70. The number of aliphatic hydroxyl groups is 2. The van der Waals surface area contributed by atoms with Crippen LogP contribution in [0.15, 0.2) is 29.5 Å². The molecule has 0 radical (unpaired) electrons. The van der Waals surface area contributed by atoms with Gasteiger partial charge in [-0.2, -0.15) is 0 Å². The van der Waals surface area contributed by atoms with Crippen molar-refractivity contribution in [3.05, 3.63) is 45.4 Å². The smallest absolute Gasteiger partial charge is 0.107 e. The molecule has 0 aliphatic heterocycles. The van der Waals surface area contributed by atoms with E-state index < -0.39 is 12.2 Å². The fraction of sp³-hybridized carbons (Fsp3) is 0.273. The van der Waals surface area contributed by atoms with Gasteiger partial charge in [-0.3, -0.25) is 0 Å². The van der Waals surface area contributed by atoms with Crippen molar-refractivity contribution < 1.29 is 10.2 Å². The second-order valence-corrected chi connectivity index (χ2v) is 4.24. The zero-order chi connectivity index (χ0) is 13.1. The predicted molar refractivity (Wildman–Crippen MR) is 68.3 cm³/mol. The summed E-state index contributed by atoms with van der Waals surface area (Å²) in [5.74, 6) is 0. The number of halogens is 1. The molecule has 1 heterocycles. The van der Waals surface area contributed by atoms with Gasteiger partial charge in [0.1, 0.15) is 6.10 Å². The molecule has 2 atom stereocenters. The fourth-order valence-electron chi connectivity index (χ4n) is 1.83. The third-order valence-corrected chi connectivity index (χ3v) is 3.02. The maximum Gasteiger partial charge on any atom is 0.107 e. The summed E-state index contributed by atoms with van der Waals surface area (Å²) in [6.45, 7) is -0.200.